The van der Waals surface area contributed by atoms with Crippen molar-refractivity contribution in [3.05, 3.63) is 23.8 Å². The van der Waals surface area contributed by atoms with E-state index in [9.17, 15) is 9.59 Å². The number of fused-ring (bicyclic) bond motifs is 1. The van der Waals surface area contributed by atoms with Crippen LogP contribution in [0.5, 0.6) is 11.5 Å². The summed E-state index contributed by atoms with van der Waals surface area (Å²) in [5.74, 6) is 1.48. The van der Waals surface area contributed by atoms with E-state index in [0.29, 0.717) is 13.1 Å². The summed E-state index contributed by atoms with van der Waals surface area (Å²) in [5.41, 5.74) is 1.16. The first-order valence-electron chi connectivity index (χ1n) is 7.86. The highest BCUT2D eigenvalue weighted by Crippen LogP contribution is 2.32. The number of alkyl carbamates (subject to hydrolysis) is 1. The van der Waals surface area contributed by atoms with Crippen LogP contribution in [-0.2, 0) is 16.1 Å². The summed E-state index contributed by atoms with van der Waals surface area (Å²) < 4.78 is 15.2. The van der Waals surface area contributed by atoms with Crippen molar-refractivity contribution in [2.75, 3.05) is 46.6 Å². The standard InChI is InChI=1S/C16H21N3O5/c1-22-16(21)17-9-15(20)19-6-4-18(5-7-19)10-12-2-3-13-14(8-12)24-11-23-13/h2-3,8H,4-7,9-11H2,1H3,(H,17,21). The molecule has 0 radical (unpaired) electrons. The largest absolute Gasteiger partial charge is 0.454 e. The van der Waals surface area contributed by atoms with Crippen LogP contribution in [0.1, 0.15) is 5.56 Å². The van der Waals surface area contributed by atoms with Crippen LogP contribution in [0.25, 0.3) is 0 Å². The van der Waals surface area contributed by atoms with E-state index in [1.807, 2.05) is 18.2 Å². The number of benzene rings is 1. The number of amides is 2. The lowest BCUT2D eigenvalue weighted by atomic mass is 10.1. The first-order chi connectivity index (χ1) is 11.7. The molecule has 2 heterocycles. The van der Waals surface area contributed by atoms with Crippen LogP contribution in [0.4, 0.5) is 4.79 Å². The second-order valence-corrected chi connectivity index (χ2v) is 5.69. The van der Waals surface area contributed by atoms with Crippen LogP contribution in [0, 0.1) is 0 Å². The highest BCUT2D eigenvalue weighted by atomic mass is 16.7. The molecule has 1 aromatic rings. The second-order valence-electron chi connectivity index (χ2n) is 5.69. The maximum absolute atomic E-state index is 12.0. The highest BCUT2D eigenvalue weighted by molar-refractivity contribution is 5.82. The molecule has 0 spiro atoms. The molecule has 3 rings (SSSR count). The Kier molecular flexibility index (Phi) is 5.05. The lowest BCUT2D eigenvalue weighted by Crippen LogP contribution is -2.50. The summed E-state index contributed by atoms with van der Waals surface area (Å²) in [4.78, 5) is 27.1. The Morgan fingerprint density at radius 3 is 2.67 bits per heavy atom. The average Bonchev–Trinajstić information content (AvgIpc) is 3.07. The third-order valence-corrected chi connectivity index (χ3v) is 4.14. The van der Waals surface area contributed by atoms with Crippen molar-refractivity contribution in [3.8, 4) is 11.5 Å². The molecular weight excluding hydrogens is 314 g/mol. The van der Waals surface area contributed by atoms with Gasteiger partial charge in [-0.1, -0.05) is 6.07 Å². The van der Waals surface area contributed by atoms with Gasteiger partial charge in [-0.25, -0.2) is 4.79 Å². The number of methoxy groups -OCH3 is 1. The van der Waals surface area contributed by atoms with Gasteiger partial charge in [-0.05, 0) is 17.7 Å². The predicted octanol–water partition coefficient (Wildman–Crippen LogP) is 0.416. The molecule has 0 atom stereocenters. The number of carbonyl (C=O) groups excluding carboxylic acids is 2. The fourth-order valence-corrected chi connectivity index (χ4v) is 2.78. The minimum absolute atomic E-state index is 0.0329. The van der Waals surface area contributed by atoms with E-state index in [0.717, 1.165) is 36.7 Å². The quantitative estimate of drug-likeness (QED) is 0.859. The number of nitrogens with zero attached hydrogens (tertiary/aromatic N) is 2. The van der Waals surface area contributed by atoms with Crippen LogP contribution < -0.4 is 14.8 Å². The molecule has 1 aromatic carbocycles. The number of carbonyl (C=O) groups is 2. The first-order valence-corrected chi connectivity index (χ1v) is 7.86. The zero-order valence-electron chi connectivity index (χ0n) is 13.6. The molecule has 8 heteroatoms. The molecule has 24 heavy (non-hydrogen) atoms. The second kappa shape index (κ2) is 7.39. The zero-order chi connectivity index (χ0) is 16.9. The fourth-order valence-electron chi connectivity index (χ4n) is 2.78. The fraction of sp³-hybridized carbons (Fsp3) is 0.500. The smallest absolute Gasteiger partial charge is 0.407 e. The topological polar surface area (TPSA) is 80.3 Å². The number of hydrogen-bond donors (Lipinski definition) is 1. The highest BCUT2D eigenvalue weighted by Gasteiger charge is 2.22. The number of nitrogens with one attached hydrogen (secondary N) is 1. The van der Waals surface area contributed by atoms with Gasteiger partial charge in [0.1, 0.15) is 6.54 Å². The number of ether oxygens (including phenoxy) is 3. The molecule has 0 saturated carbocycles. The summed E-state index contributed by atoms with van der Waals surface area (Å²) in [7, 11) is 1.27. The molecule has 1 saturated heterocycles. The van der Waals surface area contributed by atoms with Crippen LogP contribution in [0.3, 0.4) is 0 Å². The molecule has 0 bridgehead atoms. The molecule has 8 nitrogen and oxygen atoms in total. The van der Waals surface area contributed by atoms with Crippen molar-refractivity contribution in [1.29, 1.82) is 0 Å². The number of hydrogen-bond acceptors (Lipinski definition) is 6. The van der Waals surface area contributed by atoms with Gasteiger partial charge >= 0.3 is 6.09 Å². The summed E-state index contributed by atoms with van der Waals surface area (Å²) in [5, 5.41) is 2.41. The monoisotopic (exact) mass is 335 g/mol. The Morgan fingerprint density at radius 1 is 1.17 bits per heavy atom. The maximum Gasteiger partial charge on any atom is 0.407 e. The lowest BCUT2D eigenvalue weighted by molar-refractivity contribution is -0.131. The molecule has 2 aliphatic heterocycles. The molecule has 130 valence electrons. The van der Waals surface area contributed by atoms with Gasteiger partial charge in [0.25, 0.3) is 0 Å². The van der Waals surface area contributed by atoms with Gasteiger partial charge in [-0.2, -0.15) is 0 Å². The van der Waals surface area contributed by atoms with Gasteiger partial charge in [0.2, 0.25) is 12.7 Å². The summed E-state index contributed by atoms with van der Waals surface area (Å²) in [6, 6.07) is 5.96. The molecule has 2 aliphatic rings. The van der Waals surface area contributed by atoms with Gasteiger partial charge < -0.3 is 24.4 Å². The Morgan fingerprint density at radius 2 is 1.92 bits per heavy atom. The van der Waals surface area contributed by atoms with Gasteiger partial charge in [0.05, 0.1) is 7.11 Å². The zero-order valence-corrected chi connectivity index (χ0v) is 13.6. The van der Waals surface area contributed by atoms with Crippen molar-refractivity contribution in [3.63, 3.8) is 0 Å². The number of piperazine rings is 1. The summed E-state index contributed by atoms with van der Waals surface area (Å²) >= 11 is 0. The van der Waals surface area contributed by atoms with Crippen LogP contribution in [-0.4, -0.2) is 68.4 Å². The van der Waals surface area contributed by atoms with Crippen LogP contribution >= 0.6 is 0 Å². The third-order valence-electron chi connectivity index (χ3n) is 4.14. The van der Waals surface area contributed by atoms with Gasteiger partial charge in [0.15, 0.2) is 11.5 Å². The molecule has 0 unspecified atom stereocenters. The Labute approximate surface area is 140 Å². The maximum atomic E-state index is 12.0. The molecule has 1 N–H and O–H groups in total. The first kappa shape index (κ1) is 16.4. The van der Waals surface area contributed by atoms with E-state index >= 15 is 0 Å². The normalized spacial score (nSPS) is 16.8. The van der Waals surface area contributed by atoms with E-state index in [-0.39, 0.29) is 19.2 Å². The van der Waals surface area contributed by atoms with E-state index in [1.54, 1.807) is 4.90 Å². The molecule has 0 aliphatic carbocycles. The van der Waals surface area contributed by atoms with E-state index in [2.05, 4.69) is 15.0 Å². The Bertz CT molecular complexity index is 614. The van der Waals surface area contributed by atoms with Crippen molar-refractivity contribution in [2.45, 2.75) is 6.54 Å². The third kappa shape index (κ3) is 3.88. The van der Waals surface area contributed by atoms with Crippen molar-refractivity contribution in [1.82, 2.24) is 15.1 Å². The lowest BCUT2D eigenvalue weighted by Gasteiger charge is -2.34. The minimum atomic E-state index is -0.593. The van der Waals surface area contributed by atoms with Crippen molar-refractivity contribution >= 4 is 12.0 Å². The average molecular weight is 335 g/mol. The minimum Gasteiger partial charge on any atom is -0.454 e. The Balaban J connectivity index is 1.45. The predicted molar refractivity (Wildman–Crippen MR) is 84.8 cm³/mol. The molecular formula is C16H21N3O5. The SMILES string of the molecule is COC(=O)NCC(=O)N1CCN(Cc2ccc3c(c2)OCO3)CC1. The molecule has 1 fully saturated rings. The van der Waals surface area contributed by atoms with E-state index in [1.165, 1.54) is 7.11 Å². The summed E-state index contributed by atoms with van der Waals surface area (Å²) in [6.45, 7) is 3.92. The van der Waals surface area contributed by atoms with E-state index < -0.39 is 6.09 Å². The van der Waals surface area contributed by atoms with Gasteiger partial charge in [-0.15, -0.1) is 0 Å². The van der Waals surface area contributed by atoms with Crippen molar-refractivity contribution in [2.24, 2.45) is 0 Å². The molecule has 2 amide bonds. The van der Waals surface area contributed by atoms with Crippen LogP contribution in [0.15, 0.2) is 18.2 Å². The summed E-state index contributed by atoms with van der Waals surface area (Å²) in [6.07, 6.45) is -0.593. The molecule has 0 aromatic heterocycles. The number of rotatable bonds is 4. The van der Waals surface area contributed by atoms with Crippen LogP contribution in [0.2, 0.25) is 0 Å². The van der Waals surface area contributed by atoms with Crippen molar-refractivity contribution < 1.29 is 23.8 Å². The van der Waals surface area contributed by atoms with Gasteiger partial charge in [0, 0.05) is 32.7 Å². The van der Waals surface area contributed by atoms with E-state index in [4.69, 9.17) is 9.47 Å². The Hall–Kier alpha value is -2.48. The van der Waals surface area contributed by atoms with Gasteiger partial charge in [-0.3, -0.25) is 9.69 Å².